The van der Waals surface area contributed by atoms with Gasteiger partial charge in [0, 0.05) is 30.8 Å². The zero-order valence-corrected chi connectivity index (χ0v) is 27.4. The topological polar surface area (TPSA) is 140 Å². The van der Waals surface area contributed by atoms with Gasteiger partial charge in [-0.05, 0) is 93.0 Å². The molecular formula is C34H44N4O6S. The van der Waals surface area contributed by atoms with Gasteiger partial charge in [-0.15, -0.1) is 0 Å². The van der Waals surface area contributed by atoms with Crippen LogP contribution in [-0.2, 0) is 14.8 Å². The van der Waals surface area contributed by atoms with Crippen molar-refractivity contribution >= 4 is 21.9 Å². The van der Waals surface area contributed by atoms with Gasteiger partial charge in [-0.3, -0.25) is 0 Å². The van der Waals surface area contributed by atoms with E-state index in [1.807, 2.05) is 39.2 Å². The molecule has 5 rings (SSSR count). The number of nitrogens with one attached hydrogen (secondary N) is 2. The first-order valence-corrected chi connectivity index (χ1v) is 17.1. The van der Waals surface area contributed by atoms with Crippen molar-refractivity contribution in [3.8, 4) is 17.1 Å². The Labute approximate surface area is 266 Å². The summed E-state index contributed by atoms with van der Waals surface area (Å²) in [5.41, 5.74) is 3.20. The summed E-state index contributed by atoms with van der Waals surface area (Å²) >= 11 is 0. The smallest absolute Gasteiger partial charge is 0.335 e. The van der Waals surface area contributed by atoms with E-state index < -0.39 is 16.0 Å². The number of carbonyl (C=O) groups is 1. The van der Waals surface area contributed by atoms with Crippen molar-refractivity contribution in [2.24, 2.45) is 17.8 Å². The third-order valence-corrected chi connectivity index (χ3v) is 10.3. The predicted octanol–water partition coefficient (Wildman–Crippen LogP) is 5.85. The van der Waals surface area contributed by atoms with E-state index in [1.54, 1.807) is 6.07 Å². The van der Waals surface area contributed by atoms with Gasteiger partial charge in [0.25, 0.3) is 10.0 Å². The largest absolute Gasteiger partial charge is 0.478 e. The van der Waals surface area contributed by atoms with Crippen LogP contribution in [0.4, 0.5) is 5.95 Å². The highest BCUT2D eigenvalue weighted by Crippen LogP contribution is 2.45. The molecule has 2 saturated carbocycles. The Bertz CT molecular complexity index is 1590. The second-order valence-corrected chi connectivity index (χ2v) is 14.6. The van der Waals surface area contributed by atoms with Gasteiger partial charge in [0.1, 0.15) is 6.61 Å². The quantitative estimate of drug-likeness (QED) is 0.211. The van der Waals surface area contributed by atoms with Gasteiger partial charge >= 0.3 is 5.97 Å². The Morgan fingerprint density at radius 2 is 1.67 bits per heavy atom. The zero-order valence-electron chi connectivity index (χ0n) is 26.6. The molecule has 0 saturated heterocycles. The van der Waals surface area contributed by atoms with Gasteiger partial charge in [0.05, 0.1) is 22.3 Å². The van der Waals surface area contributed by atoms with Crippen LogP contribution in [0.2, 0.25) is 0 Å². The second kappa shape index (κ2) is 13.8. The van der Waals surface area contributed by atoms with E-state index in [0.29, 0.717) is 42.2 Å². The van der Waals surface area contributed by atoms with Crippen LogP contribution >= 0.6 is 0 Å². The lowest BCUT2D eigenvalue weighted by Crippen LogP contribution is -2.42. The highest BCUT2D eigenvalue weighted by Gasteiger charge is 2.42. The Hall–Kier alpha value is -3.54. The number of anilines is 1. The second-order valence-electron chi connectivity index (χ2n) is 12.9. The van der Waals surface area contributed by atoms with Crippen LogP contribution in [0.3, 0.4) is 0 Å². The molecule has 2 fully saturated rings. The van der Waals surface area contributed by atoms with E-state index in [9.17, 15) is 18.3 Å². The molecule has 2 aliphatic carbocycles. The predicted molar refractivity (Wildman–Crippen MR) is 173 cm³/mol. The normalized spacial score (nSPS) is 21.9. The molecule has 1 aromatic heterocycles. The van der Waals surface area contributed by atoms with Crippen LogP contribution in [0, 0.1) is 31.6 Å². The minimum atomic E-state index is -4.20. The summed E-state index contributed by atoms with van der Waals surface area (Å²) in [5, 5.41) is 13.2. The van der Waals surface area contributed by atoms with E-state index in [2.05, 4.69) is 33.9 Å². The Morgan fingerprint density at radius 1 is 1.00 bits per heavy atom. The molecule has 5 atom stereocenters. The number of aromatic nitrogens is 2. The monoisotopic (exact) mass is 636 g/mol. The van der Waals surface area contributed by atoms with Crippen molar-refractivity contribution < 1.29 is 27.8 Å². The lowest BCUT2D eigenvalue weighted by Gasteiger charge is -2.25. The molecule has 2 aliphatic rings. The van der Waals surface area contributed by atoms with E-state index >= 15 is 0 Å². The maximum Gasteiger partial charge on any atom is 0.335 e. The van der Waals surface area contributed by atoms with Crippen molar-refractivity contribution in [1.29, 1.82) is 0 Å². The van der Waals surface area contributed by atoms with Crippen LogP contribution in [0.15, 0.2) is 53.4 Å². The average molecular weight is 637 g/mol. The molecule has 11 heteroatoms. The number of aromatic carboxylic acids is 1. The SMILES string of the molecule is COC1C[C@H]2CC(NC(COc3cc(-c4c(C)cccc4C)nc(NS(=O)(=O)c4cccc(C(=O)O)c4)n3)CC(C)C)C[C@H]2C1. The number of sulfonamides is 1. The summed E-state index contributed by atoms with van der Waals surface area (Å²) in [6.45, 7) is 8.69. The van der Waals surface area contributed by atoms with Gasteiger partial charge < -0.3 is 19.9 Å². The summed E-state index contributed by atoms with van der Waals surface area (Å²) in [7, 11) is -2.39. The molecule has 0 amide bonds. The van der Waals surface area contributed by atoms with Gasteiger partial charge in [-0.2, -0.15) is 4.98 Å². The molecule has 1 heterocycles. The van der Waals surface area contributed by atoms with Crippen molar-refractivity contribution in [2.45, 2.75) is 82.9 Å². The van der Waals surface area contributed by atoms with Crippen molar-refractivity contribution in [3.05, 3.63) is 65.2 Å². The number of rotatable bonds is 13. The summed E-state index contributed by atoms with van der Waals surface area (Å²) in [6, 6.07) is 13.3. The molecule has 45 heavy (non-hydrogen) atoms. The number of hydrogen-bond donors (Lipinski definition) is 3. The number of ether oxygens (including phenoxy) is 2. The molecular weight excluding hydrogens is 592 g/mol. The molecule has 3 aromatic rings. The number of nitrogens with zero attached hydrogens (tertiary/aromatic N) is 2. The highest BCUT2D eigenvalue weighted by molar-refractivity contribution is 7.92. The maximum absolute atomic E-state index is 13.3. The molecule has 3 N–H and O–H groups in total. The molecule has 2 aromatic carbocycles. The molecule has 0 radical (unpaired) electrons. The Kier molecular flexibility index (Phi) is 10.1. The highest BCUT2D eigenvalue weighted by atomic mass is 32.2. The number of hydrogen-bond acceptors (Lipinski definition) is 8. The number of methoxy groups -OCH3 is 1. The van der Waals surface area contributed by atoms with E-state index in [-0.39, 0.29) is 28.3 Å². The first-order chi connectivity index (χ1) is 21.4. The fraction of sp³-hybridized carbons (Fsp3) is 0.500. The number of carboxylic acid groups (broad SMARTS) is 1. The fourth-order valence-electron chi connectivity index (χ4n) is 7.03. The molecule has 10 nitrogen and oxygen atoms in total. The zero-order chi connectivity index (χ0) is 32.3. The Balaban J connectivity index is 1.39. The lowest BCUT2D eigenvalue weighted by molar-refractivity contribution is 0.0696. The third-order valence-electron chi connectivity index (χ3n) is 9.02. The Morgan fingerprint density at radius 3 is 2.29 bits per heavy atom. The fourth-order valence-corrected chi connectivity index (χ4v) is 8.02. The van der Waals surface area contributed by atoms with Crippen molar-refractivity contribution in [1.82, 2.24) is 15.3 Å². The molecule has 3 unspecified atom stereocenters. The van der Waals surface area contributed by atoms with E-state index in [1.165, 1.54) is 18.2 Å². The maximum atomic E-state index is 13.3. The van der Waals surface area contributed by atoms with Crippen LogP contribution in [0.25, 0.3) is 11.3 Å². The van der Waals surface area contributed by atoms with Crippen LogP contribution < -0.4 is 14.8 Å². The van der Waals surface area contributed by atoms with Gasteiger partial charge in [-0.25, -0.2) is 22.9 Å². The van der Waals surface area contributed by atoms with Crippen LogP contribution in [0.5, 0.6) is 5.88 Å². The molecule has 0 bridgehead atoms. The number of aryl methyl sites for hydroxylation is 2. The number of fused-ring (bicyclic) bond motifs is 1. The average Bonchev–Trinajstić information content (AvgIpc) is 3.54. The summed E-state index contributed by atoms with van der Waals surface area (Å²) < 4.78 is 41.0. The van der Waals surface area contributed by atoms with Gasteiger partial charge in [0.2, 0.25) is 11.8 Å². The van der Waals surface area contributed by atoms with E-state index in [0.717, 1.165) is 54.9 Å². The first-order valence-electron chi connectivity index (χ1n) is 15.6. The summed E-state index contributed by atoms with van der Waals surface area (Å²) in [6.07, 6.45) is 5.84. The van der Waals surface area contributed by atoms with E-state index in [4.69, 9.17) is 9.47 Å². The minimum Gasteiger partial charge on any atom is -0.478 e. The number of carboxylic acids is 1. The molecule has 0 aliphatic heterocycles. The lowest BCUT2D eigenvalue weighted by atomic mass is 10.00. The first kappa shape index (κ1) is 32.8. The minimum absolute atomic E-state index is 0.0876. The van der Waals surface area contributed by atoms with Gasteiger partial charge in [0.15, 0.2) is 0 Å². The standard InChI is InChI=1S/C34H44N4O6S/c1-20(2)12-27(35-26-13-24-15-28(43-5)16-25(24)14-26)19-44-31-18-30(32-21(3)8-6-9-22(32)4)36-34(37-31)38-45(41,42)29-11-7-10-23(17-29)33(39)40/h6-11,17-18,20,24-28,35H,12-16,19H2,1-5H3,(H,39,40)(H,36,37,38)/t24-,25+,26?,27?,28?. The summed E-state index contributed by atoms with van der Waals surface area (Å²) in [4.78, 5) is 20.3. The van der Waals surface area contributed by atoms with Crippen molar-refractivity contribution in [3.63, 3.8) is 0 Å². The van der Waals surface area contributed by atoms with Crippen molar-refractivity contribution in [2.75, 3.05) is 18.4 Å². The summed E-state index contributed by atoms with van der Waals surface area (Å²) in [5.74, 6) is 0.713. The molecule has 0 spiro atoms. The third kappa shape index (κ3) is 8.01. The van der Waals surface area contributed by atoms with Crippen LogP contribution in [-0.4, -0.2) is 61.4 Å². The number of benzene rings is 2. The molecule has 242 valence electrons. The van der Waals surface area contributed by atoms with Crippen LogP contribution in [0.1, 0.15) is 67.4 Å². The van der Waals surface area contributed by atoms with Gasteiger partial charge in [-0.1, -0.05) is 38.1 Å².